The molecule has 0 aliphatic rings. The Morgan fingerprint density at radius 2 is 2.14 bits per heavy atom. The molecule has 0 saturated heterocycles. The minimum absolute atomic E-state index is 0.00987. The molecule has 2 aromatic rings. The van der Waals surface area contributed by atoms with Gasteiger partial charge < -0.3 is 9.67 Å². The van der Waals surface area contributed by atoms with Crippen LogP contribution >= 0.6 is 11.8 Å². The Balaban J connectivity index is 2.30. The first-order valence-electron chi connectivity index (χ1n) is 6.80. The smallest absolute Gasteiger partial charge is 0.313 e. The molecule has 0 bridgehead atoms. The Morgan fingerprint density at radius 1 is 1.38 bits per heavy atom. The van der Waals surface area contributed by atoms with Gasteiger partial charge in [0, 0.05) is 5.92 Å². The first-order chi connectivity index (χ1) is 9.97. The molecular weight excluding hydrogens is 286 g/mol. The van der Waals surface area contributed by atoms with Crippen molar-refractivity contribution in [2.45, 2.75) is 38.4 Å². The molecule has 6 heteroatoms. The maximum atomic E-state index is 10.7. The number of carboxylic acids is 1. The van der Waals surface area contributed by atoms with Gasteiger partial charge in [0.1, 0.15) is 5.82 Å². The number of carbonyl (C=O) groups is 1. The molecule has 1 aromatic carbocycles. The molecule has 21 heavy (non-hydrogen) atoms. The number of benzene rings is 1. The molecule has 0 atom stereocenters. The van der Waals surface area contributed by atoms with Crippen LogP contribution in [0.1, 0.15) is 36.7 Å². The maximum Gasteiger partial charge on any atom is 0.313 e. The summed E-state index contributed by atoms with van der Waals surface area (Å²) in [6.07, 6.45) is 0. The molecular formula is C15H19N3O2S. The second-order valence-corrected chi connectivity index (χ2v) is 6.20. The van der Waals surface area contributed by atoms with Crippen molar-refractivity contribution in [2.24, 2.45) is 0 Å². The van der Waals surface area contributed by atoms with Gasteiger partial charge in [-0.05, 0) is 12.5 Å². The van der Waals surface area contributed by atoms with Gasteiger partial charge in [0.25, 0.3) is 0 Å². The highest BCUT2D eigenvalue weighted by atomic mass is 32.2. The van der Waals surface area contributed by atoms with Gasteiger partial charge in [0.2, 0.25) is 0 Å². The highest BCUT2D eigenvalue weighted by molar-refractivity contribution is 7.99. The van der Waals surface area contributed by atoms with E-state index in [9.17, 15) is 4.79 Å². The number of aromatic nitrogens is 3. The van der Waals surface area contributed by atoms with Gasteiger partial charge in [0.05, 0.1) is 12.3 Å². The zero-order valence-electron chi connectivity index (χ0n) is 12.4. The molecule has 0 unspecified atom stereocenters. The summed E-state index contributed by atoms with van der Waals surface area (Å²) >= 11 is 1.21. The topological polar surface area (TPSA) is 68.0 Å². The van der Waals surface area contributed by atoms with Crippen LogP contribution in [0, 0.1) is 6.92 Å². The summed E-state index contributed by atoms with van der Waals surface area (Å²) in [4.78, 5) is 10.7. The van der Waals surface area contributed by atoms with Gasteiger partial charge in [-0.1, -0.05) is 55.4 Å². The van der Waals surface area contributed by atoms with Gasteiger partial charge in [-0.25, -0.2) is 0 Å². The summed E-state index contributed by atoms with van der Waals surface area (Å²) in [5, 5.41) is 17.8. The molecule has 0 aliphatic heterocycles. The zero-order valence-corrected chi connectivity index (χ0v) is 13.2. The van der Waals surface area contributed by atoms with E-state index >= 15 is 0 Å². The average molecular weight is 305 g/mol. The van der Waals surface area contributed by atoms with E-state index in [1.807, 2.05) is 10.6 Å². The van der Waals surface area contributed by atoms with Crippen LogP contribution in [0.4, 0.5) is 0 Å². The lowest BCUT2D eigenvalue weighted by molar-refractivity contribution is -0.133. The third kappa shape index (κ3) is 4.07. The van der Waals surface area contributed by atoms with Crippen LogP contribution in [-0.2, 0) is 11.3 Å². The second kappa shape index (κ2) is 6.76. The van der Waals surface area contributed by atoms with Crippen LogP contribution in [-0.4, -0.2) is 31.6 Å². The fourth-order valence-electron chi connectivity index (χ4n) is 2.10. The first kappa shape index (κ1) is 15.6. The fraction of sp³-hybridized carbons (Fsp3) is 0.400. The van der Waals surface area contributed by atoms with Crippen molar-refractivity contribution in [1.82, 2.24) is 14.8 Å². The van der Waals surface area contributed by atoms with Crippen molar-refractivity contribution in [3.63, 3.8) is 0 Å². The van der Waals surface area contributed by atoms with E-state index in [2.05, 4.69) is 49.2 Å². The molecule has 0 amide bonds. The molecule has 112 valence electrons. The van der Waals surface area contributed by atoms with E-state index in [1.165, 1.54) is 17.3 Å². The van der Waals surface area contributed by atoms with Crippen LogP contribution < -0.4 is 0 Å². The number of aliphatic carboxylic acids is 1. The summed E-state index contributed by atoms with van der Waals surface area (Å²) in [7, 11) is 0. The van der Waals surface area contributed by atoms with Crippen molar-refractivity contribution >= 4 is 17.7 Å². The first-order valence-corrected chi connectivity index (χ1v) is 7.79. The van der Waals surface area contributed by atoms with Crippen LogP contribution in [0.2, 0.25) is 0 Å². The summed E-state index contributed by atoms with van der Waals surface area (Å²) in [6.45, 7) is 6.83. The molecule has 0 spiro atoms. The lowest BCUT2D eigenvalue weighted by atomic mass is 10.1. The molecule has 1 N–H and O–H groups in total. The zero-order chi connectivity index (χ0) is 15.4. The molecule has 1 heterocycles. The number of nitrogens with zero attached hydrogens (tertiary/aromatic N) is 3. The lowest BCUT2D eigenvalue weighted by Gasteiger charge is -2.12. The Bertz CT molecular complexity index is 638. The highest BCUT2D eigenvalue weighted by Crippen LogP contribution is 2.22. The quantitative estimate of drug-likeness (QED) is 0.831. The highest BCUT2D eigenvalue weighted by Gasteiger charge is 2.16. The standard InChI is InChI=1S/C15H19N3O2S/c1-10(2)14-16-17-15(21-9-13(19)20)18(14)8-12-6-4-5-11(3)7-12/h4-7,10H,8-9H2,1-3H3,(H,19,20). The SMILES string of the molecule is Cc1cccc(Cn2c(SCC(=O)O)nnc2C(C)C)c1. The Labute approximate surface area is 128 Å². The third-order valence-electron chi connectivity index (χ3n) is 3.01. The molecule has 0 radical (unpaired) electrons. The molecule has 0 saturated carbocycles. The van der Waals surface area contributed by atoms with Gasteiger partial charge in [0.15, 0.2) is 5.16 Å². The van der Waals surface area contributed by atoms with Crippen molar-refractivity contribution in [1.29, 1.82) is 0 Å². The van der Waals surface area contributed by atoms with Crippen LogP contribution in [0.25, 0.3) is 0 Å². The van der Waals surface area contributed by atoms with Crippen molar-refractivity contribution in [3.8, 4) is 0 Å². The lowest BCUT2D eigenvalue weighted by Crippen LogP contribution is -2.09. The number of hydrogen-bond donors (Lipinski definition) is 1. The third-order valence-corrected chi connectivity index (χ3v) is 3.96. The Morgan fingerprint density at radius 3 is 2.76 bits per heavy atom. The summed E-state index contributed by atoms with van der Waals surface area (Å²) in [5.41, 5.74) is 2.36. The van der Waals surface area contributed by atoms with E-state index < -0.39 is 5.97 Å². The second-order valence-electron chi connectivity index (χ2n) is 5.25. The van der Waals surface area contributed by atoms with Gasteiger partial charge in [-0.3, -0.25) is 4.79 Å². The Hall–Kier alpha value is -1.82. The van der Waals surface area contributed by atoms with E-state index in [4.69, 9.17) is 5.11 Å². The van der Waals surface area contributed by atoms with Gasteiger partial charge >= 0.3 is 5.97 Å². The van der Waals surface area contributed by atoms with Crippen molar-refractivity contribution in [3.05, 3.63) is 41.2 Å². The van der Waals surface area contributed by atoms with Crippen LogP contribution in [0.5, 0.6) is 0 Å². The predicted octanol–water partition coefficient (Wildman–Crippen LogP) is 2.93. The van der Waals surface area contributed by atoms with E-state index in [0.717, 1.165) is 11.4 Å². The van der Waals surface area contributed by atoms with E-state index in [1.54, 1.807) is 0 Å². The summed E-state index contributed by atoms with van der Waals surface area (Å²) in [6, 6.07) is 8.26. The van der Waals surface area contributed by atoms with Crippen molar-refractivity contribution in [2.75, 3.05) is 5.75 Å². The molecule has 0 aliphatic carbocycles. The fourth-order valence-corrected chi connectivity index (χ4v) is 2.77. The largest absolute Gasteiger partial charge is 0.481 e. The summed E-state index contributed by atoms with van der Waals surface area (Å²) < 4.78 is 2.01. The molecule has 2 rings (SSSR count). The average Bonchev–Trinajstić information content (AvgIpc) is 2.79. The Kier molecular flexibility index (Phi) is 5.01. The normalized spacial score (nSPS) is 11.0. The van der Waals surface area contributed by atoms with Crippen LogP contribution in [0.15, 0.2) is 29.4 Å². The molecule has 0 fully saturated rings. The monoisotopic (exact) mass is 305 g/mol. The predicted molar refractivity (Wildman–Crippen MR) is 82.8 cm³/mol. The van der Waals surface area contributed by atoms with Crippen molar-refractivity contribution < 1.29 is 9.90 Å². The van der Waals surface area contributed by atoms with Gasteiger partial charge in [-0.15, -0.1) is 10.2 Å². The molecule has 1 aromatic heterocycles. The number of hydrogen-bond acceptors (Lipinski definition) is 4. The van der Waals surface area contributed by atoms with Crippen LogP contribution in [0.3, 0.4) is 0 Å². The van der Waals surface area contributed by atoms with E-state index in [0.29, 0.717) is 11.7 Å². The number of rotatable bonds is 6. The minimum Gasteiger partial charge on any atom is -0.481 e. The maximum absolute atomic E-state index is 10.7. The molecule has 5 nitrogen and oxygen atoms in total. The van der Waals surface area contributed by atoms with E-state index in [-0.39, 0.29) is 11.7 Å². The number of carboxylic acid groups (broad SMARTS) is 1. The number of aryl methyl sites for hydroxylation is 1. The summed E-state index contributed by atoms with van der Waals surface area (Å²) in [5.74, 6) is 0.256. The van der Waals surface area contributed by atoms with Gasteiger partial charge in [-0.2, -0.15) is 0 Å². The number of thioether (sulfide) groups is 1. The minimum atomic E-state index is -0.851.